The van der Waals surface area contributed by atoms with E-state index in [9.17, 15) is 9.59 Å². The van der Waals surface area contributed by atoms with Gasteiger partial charge in [-0.05, 0) is 50.4 Å². The van der Waals surface area contributed by atoms with Gasteiger partial charge in [0, 0.05) is 12.5 Å². The molecule has 1 atom stereocenters. The minimum atomic E-state index is -0.101. The summed E-state index contributed by atoms with van der Waals surface area (Å²) >= 11 is 0. The van der Waals surface area contributed by atoms with Crippen molar-refractivity contribution in [3.05, 3.63) is 29.8 Å². The molecule has 2 aliphatic rings. The second kappa shape index (κ2) is 7.61. The van der Waals surface area contributed by atoms with Crippen LogP contribution in [0.2, 0.25) is 0 Å². The smallest absolute Gasteiger partial charge is 0.253 e. The Morgan fingerprint density at radius 2 is 1.95 bits per heavy atom. The Morgan fingerprint density at radius 1 is 1.18 bits per heavy atom. The summed E-state index contributed by atoms with van der Waals surface area (Å²) in [6, 6.07) is 7.50. The van der Waals surface area contributed by atoms with E-state index in [0.29, 0.717) is 29.6 Å². The summed E-state index contributed by atoms with van der Waals surface area (Å²) in [5.41, 5.74) is 1.15. The number of rotatable bonds is 5. The SMILES string of the molecule is Cl.O=C(CC1CCNC1)Nc1ccccc1C(=O)NC1CC1. The van der Waals surface area contributed by atoms with E-state index in [1.54, 1.807) is 12.1 Å². The van der Waals surface area contributed by atoms with Crippen molar-refractivity contribution in [3.63, 3.8) is 0 Å². The molecule has 22 heavy (non-hydrogen) atoms. The zero-order valence-corrected chi connectivity index (χ0v) is 13.2. The van der Waals surface area contributed by atoms with Gasteiger partial charge in [0.1, 0.15) is 0 Å². The number of carbonyl (C=O) groups excluding carboxylic acids is 2. The molecular formula is C16H22ClN3O2. The van der Waals surface area contributed by atoms with Crippen molar-refractivity contribution < 1.29 is 9.59 Å². The number of para-hydroxylation sites is 1. The van der Waals surface area contributed by atoms with Gasteiger partial charge in [-0.15, -0.1) is 12.4 Å². The minimum Gasteiger partial charge on any atom is -0.349 e. The van der Waals surface area contributed by atoms with Crippen LogP contribution in [0.4, 0.5) is 5.69 Å². The number of anilines is 1. The zero-order valence-electron chi connectivity index (χ0n) is 12.4. The van der Waals surface area contributed by atoms with Crippen LogP contribution in [0.25, 0.3) is 0 Å². The first kappa shape index (κ1) is 16.8. The maximum atomic E-state index is 12.2. The van der Waals surface area contributed by atoms with Crippen LogP contribution in [0.5, 0.6) is 0 Å². The van der Waals surface area contributed by atoms with Crippen molar-refractivity contribution in [2.24, 2.45) is 5.92 Å². The third-order valence-electron chi connectivity index (χ3n) is 3.99. The molecule has 5 nitrogen and oxygen atoms in total. The van der Waals surface area contributed by atoms with Crippen LogP contribution in [0.3, 0.4) is 0 Å². The molecule has 1 aliphatic heterocycles. The molecule has 1 saturated heterocycles. The van der Waals surface area contributed by atoms with E-state index >= 15 is 0 Å². The van der Waals surface area contributed by atoms with Crippen LogP contribution in [0.15, 0.2) is 24.3 Å². The van der Waals surface area contributed by atoms with Gasteiger partial charge < -0.3 is 16.0 Å². The van der Waals surface area contributed by atoms with E-state index in [0.717, 1.165) is 32.4 Å². The third-order valence-corrected chi connectivity index (χ3v) is 3.99. The fourth-order valence-electron chi connectivity index (χ4n) is 2.63. The number of halogens is 1. The normalized spacial score (nSPS) is 20.1. The molecule has 2 fully saturated rings. The molecule has 3 rings (SSSR count). The van der Waals surface area contributed by atoms with Crippen LogP contribution in [0.1, 0.15) is 36.0 Å². The molecule has 1 heterocycles. The van der Waals surface area contributed by atoms with Gasteiger partial charge in [-0.1, -0.05) is 12.1 Å². The van der Waals surface area contributed by atoms with Gasteiger partial charge in [0.25, 0.3) is 5.91 Å². The molecule has 120 valence electrons. The Kier molecular flexibility index (Phi) is 5.80. The highest BCUT2D eigenvalue weighted by atomic mass is 35.5. The lowest BCUT2D eigenvalue weighted by atomic mass is 10.0. The van der Waals surface area contributed by atoms with Crippen LogP contribution >= 0.6 is 12.4 Å². The lowest BCUT2D eigenvalue weighted by Crippen LogP contribution is -2.27. The summed E-state index contributed by atoms with van der Waals surface area (Å²) in [7, 11) is 0. The summed E-state index contributed by atoms with van der Waals surface area (Å²) in [6.07, 6.45) is 3.65. The van der Waals surface area contributed by atoms with E-state index in [1.807, 2.05) is 12.1 Å². The predicted molar refractivity (Wildman–Crippen MR) is 88.4 cm³/mol. The lowest BCUT2D eigenvalue weighted by molar-refractivity contribution is -0.116. The average Bonchev–Trinajstić information content (AvgIpc) is 3.13. The second-order valence-corrected chi connectivity index (χ2v) is 5.90. The molecule has 1 aromatic rings. The molecule has 2 amide bonds. The Bertz CT molecular complexity index is 540. The van der Waals surface area contributed by atoms with E-state index in [-0.39, 0.29) is 24.2 Å². The summed E-state index contributed by atoms with van der Waals surface area (Å²) in [5.74, 6) is 0.281. The maximum absolute atomic E-state index is 12.2. The van der Waals surface area contributed by atoms with E-state index in [4.69, 9.17) is 0 Å². The first-order chi connectivity index (χ1) is 10.2. The van der Waals surface area contributed by atoms with Gasteiger partial charge in [0.15, 0.2) is 0 Å². The molecule has 0 aromatic heterocycles. The largest absolute Gasteiger partial charge is 0.349 e. The van der Waals surface area contributed by atoms with Gasteiger partial charge in [0.05, 0.1) is 11.3 Å². The number of nitrogens with one attached hydrogen (secondary N) is 3. The van der Waals surface area contributed by atoms with Crippen LogP contribution < -0.4 is 16.0 Å². The van der Waals surface area contributed by atoms with Crippen LogP contribution in [0, 0.1) is 5.92 Å². The number of amides is 2. The Labute approximate surface area is 136 Å². The van der Waals surface area contributed by atoms with E-state index < -0.39 is 0 Å². The minimum absolute atomic E-state index is 0. The average molecular weight is 324 g/mol. The molecular weight excluding hydrogens is 302 g/mol. The highest BCUT2D eigenvalue weighted by Gasteiger charge is 2.25. The van der Waals surface area contributed by atoms with Crippen LogP contribution in [-0.2, 0) is 4.79 Å². The van der Waals surface area contributed by atoms with E-state index in [2.05, 4.69) is 16.0 Å². The molecule has 3 N–H and O–H groups in total. The number of hydrogen-bond donors (Lipinski definition) is 3. The highest BCUT2D eigenvalue weighted by molar-refractivity contribution is 6.03. The summed E-state index contributed by atoms with van der Waals surface area (Å²) in [6.45, 7) is 1.88. The summed E-state index contributed by atoms with van der Waals surface area (Å²) < 4.78 is 0. The van der Waals surface area contributed by atoms with Crippen molar-refractivity contribution in [1.82, 2.24) is 10.6 Å². The molecule has 1 aliphatic carbocycles. The quantitative estimate of drug-likeness (QED) is 0.775. The molecule has 0 bridgehead atoms. The third kappa shape index (κ3) is 4.45. The lowest BCUT2D eigenvalue weighted by Gasteiger charge is -2.12. The number of hydrogen-bond acceptors (Lipinski definition) is 3. The van der Waals surface area contributed by atoms with Crippen molar-refractivity contribution >= 4 is 29.9 Å². The Hall–Kier alpha value is -1.59. The fraction of sp³-hybridized carbons (Fsp3) is 0.500. The van der Waals surface area contributed by atoms with Gasteiger partial charge in [-0.2, -0.15) is 0 Å². The molecule has 1 saturated carbocycles. The summed E-state index contributed by atoms with van der Waals surface area (Å²) in [4.78, 5) is 24.3. The first-order valence-corrected chi connectivity index (χ1v) is 7.63. The van der Waals surface area contributed by atoms with Crippen molar-refractivity contribution in [2.75, 3.05) is 18.4 Å². The van der Waals surface area contributed by atoms with Crippen molar-refractivity contribution in [1.29, 1.82) is 0 Å². The summed E-state index contributed by atoms with van der Waals surface area (Å²) in [5, 5.41) is 9.10. The fourth-order valence-corrected chi connectivity index (χ4v) is 2.63. The molecule has 1 unspecified atom stereocenters. The van der Waals surface area contributed by atoms with E-state index in [1.165, 1.54) is 0 Å². The van der Waals surface area contributed by atoms with Gasteiger partial charge >= 0.3 is 0 Å². The number of carbonyl (C=O) groups is 2. The van der Waals surface area contributed by atoms with Gasteiger partial charge in [0.2, 0.25) is 5.91 Å². The monoisotopic (exact) mass is 323 g/mol. The van der Waals surface area contributed by atoms with Crippen LogP contribution in [-0.4, -0.2) is 30.9 Å². The molecule has 1 aromatic carbocycles. The Balaban J connectivity index is 0.00000176. The Morgan fingerprint density at radius 3 is 2.64 bits per heavy atom. The standard InChI is InChI=1S/C16H21N3O2.ClH/c20-15(9-11-7-8-17-10-11)19-14-4-2-1-3-13(14)16(21)18-12-5-6-12;/h1-4,11-12,17H,5-10H2,(H,18,21)(H,19,20);1H. The van der Waals surface area contributed by atoms with Gasteiger partial charge in [-0.25, -0.2) is 0 Å². The topological polar surface area (TPSA) is 70.2 Å². The first-order valence-electron chi connectivity index (χ1n) is 7.63. The predicted octanol–water partition coefficient (Wildman–Crippen LogP) is 1.94. The van der Waals surface area contributed by atoms with Gasteiger partial charge in [-0.3, -0.25) is 9.59 Å². The second-order valence-electron chi connectivity index (χ2n) is 5.90. The maximum Gasteiger partial charge on any atom is 0.253 e. The molecule has 0 radical (unpaired) electrons. The van der Waals surface area contributed by atoms with Crippen molar-refractivity contribution in [3.8, 4) is 0 Å². The van der Waals surface area contributed by atoms with Crippen molar-refractivity contribution in [2.45, 2.75) is 31.7 Å². The molecule has 6 heteroatoms. The number of benzene rings is 1. The molecule has 0 spiro atoms. The zero-order chi connectivity index (χ0) is 14.7. The highest BCUT2D eigenvalue weighted by Crippen LogP contribution is 2.22.